The van der Waals surface area contributed by atoms with Crippen molar-refractivity contribution in [1.82, 2.24) is 10.2 Å². The van der Waals surface area contributed by atoms with Crippen molar-refractivity contribution in [3.05, 3.63) is 0 Å². The quantitative estimate of drug-likeness (QED) is 0.759. The third-order valence-electron chi connectivity index (χ3n) is 3.62. The van der Waals surface area contributed by atoms with E-state index in [0.29, 0.717) is 6.04 Å². The first-order chi connectivity index (χ1) is 6.84. The fourth-order valence-electron chi connectivity index (χ4n) is 2.60. The molecule has 2 aliphatic rings. The molecule has 2 saturated heterocycles. The highest BCUT2D eigenvalue weighted by Crippen LogP contribution is 2.17. The van der Waals surface area contributed by atoms with Crippen LogP contribution >= 0.6 is 12.4 Å². The Balaban J connectivity index is 0.00000112. The normalized spacial score (nSPS) is 29.0. The topological polar surface area (TPSA) is 41.3 Å². The molecule has 0 aromatic heterocycles. The summed E-state index contributed by atoms with van der Waals surface area (Å²) >= 11 is 0. The maximum atomic E-state index is 5.88. The van der Waals surface area contributed by atoms with Crippen LogP contribution in [0.3, 0.4) is 0 Å². The number of nitrogens with two attached hydrogens (primary N) is 1. The van der Waals surface area contributed by atoms with Crippen molar-refractivity contribution in [3.63, 3.8) is 0 Å². The van der Waals surface area contributed by atoms with Crippen LogP contribution in [0, 0.1) is 5.92 Å². The first kappa shape index (κ1) is 13.2. The largest absolute Gasteiger partial charge is 0.326 e. The molecule has 0 aromatic rings. The average Bonchev–Trinajstić information content (AvgIpc) is 2.63. The Bertz CT molecular complexity index is 166. The van der Waals surface area contributed by atoms with Crippen molar-refractivity contribution in [2.45, 2.75) is 31.7 Å². The molecule has 0 saturated carbocycles. The third-order valence-corrected chi connectivity index (χ3v) is 3.62. The van der Waals surface area contributed by atoms with Gasteiger partial charge in [0, 0.05) is 12.6 Å². The van der Waals surface area contributed by atoms with E-state index in [0.717, 1.165) is 12.5 Å². The highest BCUT2D eigenvalue weighted by Gasteiger charge is 2.20. The summed E-state index contributed by atoms with van der Waals surface area (Å²) in [5.41, 5.74) is 5.88. The number of halogens is 1. The SMILES string of the molecule is Cl.N[C@H]1CCN(CCC2CCNCC2)C1. The number of hydrogen-bond donors (Lipinski definition) is 2. The number of rotatable bonds is 3. The van der Waals surface area contributed by atoms with Gasteiger partial charge in [0.15, 0.2) is 0 Å². The lowest BCUT2D eigenvalue weighted by Crippen LogP contribution is -2.32. The van der Waals surface area contributed by atoms with E-state index in [-0.39, 0.29) is 12.4 Å². The van der Waals surface area contributed by atoms with Crippen molar-refractivity contribution in [3.8, 4) is 0 Å². The first-order valence-electron chi connectivity index (χ1n) is 6.03. The van der Waals surface area contributed by atoms with Crippen molar-refractivity contribution in [2.24, 2.45) is 11.7 Å². The van der Waals surface area contributed by atoms with Crippen LogP contribution in [0.15, 0.2) is 0 Å². The minimum atomic E-state index is 0. The van der Waals surface area contributed by atoms with Gasteiger partial charge in [-0.1, -0.05) is 0 Å². The zero-order valence-electron chi connectivity index (χ0n) is 9.45. The summed E-state index contributed by atoms with van der Waals surface area (Å²) in [6.07, 6.45) is 5.33. The van der Waals surface area contributed by atoms with E-state index < -0.39 is 0 Å². The van der Waals surface area contributed by atoms with Crippen LogP contribution < -0.4 is 11.1 Å². The van der Waals surface area contributed by atoms with Crippen molar-refractivity contribution < 1.29 is 0 Å². The Morgan fingerprint density at radius 3 is 2.53 bits per heavy atom. The average molecular weight is 234 g/mol. The van der Waals surface area contributed by atoms with Gasteiger partial charge < -0.3 is 16.0 Å². The molecule has 0 spiro atoms. The first-order valence-corrected chi connectivity index (χ1v) is 6.03. The lowest BCUT2D eigenvalue weighted by Gasteiger charge is -2.24. The van der Waals surface area contributed by atoms with Crippen LogP contribution in [-0.2, 0) is 0 Å². The van der Waals surface area contributed by atoms with E-state index in [4.69, 9.17) is 5.73 Å². The van der Waals surface area contributed by atoms with Gasteiger partial charge in [0.1, 0.15) is 0 Å². The van der Waals surface area contributed by atoms with Crippen LogP contribution in [0.25, 0.3) is 0 Å². The molecule has 2 heterocycles. The number of piperidine rings is 1. The van der Waals surface area contributed by atoms with E-state index in [1.807, 2.05) is 0 Å². The highest BCUT2D eigenvalue weighted by molar-refractivity contribution is 5.85. The molecule has 2 aliphatic heterocycles. The Morgan fingerprint density at radius 2 is 1.93 bits per heavy atom. The van der Waals surface area contributed by atoms with Gasteiger partial charge in [-0.25, -0.2) is 0 Å². The minimum Gasteiger partial charge on any atom is -0.326 e. The maximum absolute atomic E-state index is 5.88. The third kappa shape index (κ3) is 4.27. The monoisotopic (exact) mass is 233 g/mol. The van der Waals surface area contributed by atoms with E-state index >= 15 is 0 Å². The molecule has 15 heavy (non-hydrogen) atoms. The van der Waals surface area contributed by atoms with E-state index in [1.165, 1.54) is 51.9 Å². The zero-order valence-corrected chi connectivity index (χ0v) is 10.3. The number of nitrogens with zero attached hydrogens (tertiary/aromatic N) is 1. The van der Waals surface area contributed by atoms with Gasteiger partial charge in [0.25, 0.3) is 0 Å². The van der Waals surface area contributed by atoms with Gasteiger partial charge in [-0.2, -0.15) is 0 Å². The molecule has 0 unspecified atom stereocenters. The Morgan fingerprint density at radius 1 is 1.20 bits per heavy atom. The summed E-state index contributed by atoms with van der Waals surface area (Å²) < 4.78 is 0. The van der Waals surface area contributed by atoms with Gasteiger partial charge in [0.2, 0.25) is 0 Å². The Kier molecular flexibility index (Phi) is 5.90. The maximum Gasteiger partial charge on any atom is 0.0180 e. The second-order valence-electron chi connectivity index (χ2n) is 4.83. The summed E-state index contributed by atoms with van der Waals surface area (Å²) in [6.45, 7) is 6.09. The van der Waals surface area contributed by atoms with Crippen LogP contribution in [-0.4, -0.2) is 43.7 Å². The second-order valence-corrected chi connectivity index (χ2v) is 4.83. The minimum absolute atomic E-state index is 0. The Labute approximate surface area is 99.2 Å². The van der Waals surface area contributed by atoms with Crippen molar-refractivity contribution in [2.75, 3.05) is 32.7 Å². The van der Waals surface area contributed by atoms with Crippen LogP contribution in [0.1, 0.15) is 25.7 Å². The second kappa shape index (κ2) is 6.69. The van der Waals surface area contributed by atoms with Crippen molar-refractivity contribution >= 4 is 12.4 Å². The van der Waals surface area contributed by atoms with Gasteiger partial charge in [0.05, 0.1) is 0 Å². The van der Waals surface area contributed by atoms with E-state index in [9.17, 15) is 0 Å². The number of nitrogens with one attached hydrogen (secondary N) is 1. The molecule has 0 aromatic carbocycles. The fraction of sp³-hybridized carbons (Fsp3) is 1.00. The van der Waals surface area contributed by atoms with Gasteiger partial charge >= 0.3 is 0 Å². The lowest BCUT2D eigenvalue weighted by molar-refractivity contribution is 0.270. The Hall–Kier alpha value is 0.170. The summed E-state index contributed by atoms with van der Waals surface area (Å²) in [7, 11) is 0. The molecule has 4 heteroatoms. The van der Waals surface area contributed by atoms with Crippen molar-refractivity contribution in [1.29, 1.82) is 0 Å². The molecular weight excluding hydrogens is 210 g/mol. The summed E-state index contributed by atoms with van der Waals surface area (Å²) in [6, 6.07) is 0.447. The van der Waals surface area contributed by atoms with Crippen LogP contribution in [0.5, 0.6) is 0 Å². The molecule has 0 radical (unpaired) electrons. The van der Waals surface area contributed by atoms with Gasteiger partial charge in [-0.15, -0.1) is 12.4 Å². The van der Waals surface area contributed by atoms with Gasteiger partial charge in [-0.3, -0.25) is 0 Å². The fourth-order valence-corrected chi connectivity index (χ4v) is 2.60. The zero-order chi connectivity index (χ0) is 9.80. The number of hydrogen-bond acceptors (Lipinski definition) is 3. The van der Waals surface area contributed by atoms with Gasteiger partial charge in [-0.05, 0) is 57.8 Å². The standard InChI is InChI=1S/C11H23N3.ClH/c12-11-4-8-14(9-11)7-3-10-1-5-13-6-2-10;/h10-11,13H,1-9,12H2;1H/t11-;/m0./s1. The molecular formula is C11H24ClN3. The summed E-state index contributed by atoms with van der Waals surface area (Å²) in [5.74, 6) is 0.966. The predicted molar refractivity (Wildman–Crippen MR) is 66.5 cm³/mol. The number of likely N-dealkylation sites (tertiary alicyclic amines) is 1. The molecule has 2 fully saturated rings. The molecule has 3 N–H and O–H groups in total. The van der Waals surface area contributed by atoms with Crippen LogP contribution in [0.4, 0.5) is 0 Å². The molecule has 1 atom stereocenters. The molecule has 0 amide bonds. The molecule has 2 rings (SSSR count). The summed E-state index contributed by atoms with van der Waals surface area (Å²) in [5, 5.41) is 3.42. The highest BCUT2D eigenvalue weighted by atomic mass is 35.5. The molecule has 90 valence electrons. The lowest BCUT2D eigenvalue weighted by atomic mass is 9.94. The predicted octanol–water partition coefficient (Wildman–Crippen LogP) is 0.831. The van der Waals surface area contributed by atoms with E-state index in [1.54, 1.807) is 0 Å². The smallest absolute Gasteiger partial charge is 0.0180 e. The molecule has 0 bridgehead atoms. The summed E-state index contributed by atoms with van der Waals surface area (Å²) in [4.78, 5) is 2.53. The van der Waals surface area contributed by atoms with E-state index in [2.05, 4.69) is 10.2 Å². The molecule has 0 aliphatic carbocycles. The van der Waals surface area contributed by atoms with Crippen LogP contribution in [0.2, 0.25) is 0 Å². The molecule has 3 nitrogen and oxygen atoms in total.